The van der Waals surface area contributed by atoms with Gasteiger partial charge in [-0.15, -0.1) is 0 Å². The van der Waals surface area contributed by atoms with Crippen LogP contribution in [0.25, 0.3) is 0 Å². The first-order valence-corrected chi connectivity index (χ1v) is 4.10. The van der Waals surface area contributed by atoms with Crippen molar-refractivity contribution in [1.29, 1.82) is 0 Å². The molecule has 0 aliphatic heterocycles. The van der Waals surface area contributed by atoms with Gasteiger partial charge >= 0.3 is 0 Å². The number of nitrogens with one attached hydrogen (secondary N) is 1. The normalized spacial score (nSPS) is 10.4. The van der Waals surface area contributed by atoms with E-state index in [0.29, 0.717) is 0 Å². The number of hydrogen-bond acceptors (Lipinski definition) is 3. The van der Waals surface area contributed by atoms with Crippen LogP contribution in [-0.4, -0.2) is 40.5 Å². The maximum atomic E-state index is 4.92. The van der Waals surface area contributed by atoms with Crippen molar-refractivity contribution in [2.45, 2.75) is 12.8 Å². The molecule has 3 nitrogen and oxygen atoms in total. The van der Waals surface area contributed by atoms with Gasteiger partial charge < -0.3 is 14.8 Å². The largest absolute Gasteiger partial charge is 0.385 e. The van der Waals surface area contributed by atoms with Gasteiger partial charge in [-0.05, 0) is 19.4 Å². The first kappa shape index (κ1) is 10.9. The maximum absolute atomic E-state index is 4.92. The van der Waals surface area contributed by atoms with Crippen LogP contribution in [0.2, 0.25) is 0 Å². The minimum absolute atomic E-state index is 0.796. The molecular weight excluding hydrogens is 142 g/mol. The van der Waals surface area contributed by atoms with Crippen LogP contribution in [0.4, 0.5) is 0 Å². The van der Waals surface area contributed by atoms with E-state index in [1.54, 1.807) is 14.2 Å². The topological polar surface area (TPSA) is 30.5 Å². The summed E-state index contributed by atoms with van der Waals surface area (Å²) < 4.78 is 9.80. The van der Waals surface area contributed by atoms with Crippen LogP contribution in [0, 0.1) is 0 Å². The summed E-state index contributed by atoms with van der Waals surface area (Å²) in [6.45, 7) is 3.67. The molecule has 0 unspecified atom stereocenters. The van der Waals surface area contributed by atoms with Crippen molar-refractivity contribution in [1.82, 2.24) is 5.32 Å². The van der Waals surface area contributed by atoms with Crippen molar-refractivity contribution in [3.05, 3.63) is 0 Å². The summed E-state index contributed by atoms with van der Waals surface area (Å²) >= 11 is 0. The van der Waals surface area contributed by atoms with Crippen molar-refractivity contribution in [3.8, 4) is 0 Å². The predicted molar refractivity (Wildman–Crippen MR) is 45.9 cm³/mol. The fourth-order valence-corrected chi connectivity index (χ4v) is 0.796. The van der Waals surface area contributed by atoms with Crippen LogP contribution < -0.4 is 5.32 Å². The fraction of sp³-hybridized carbons (Fsp3) is 1.00. The van der Waals surface area contributed by atoms with Crippen LogP contribution in [0.1, 0.15) is 12.8 Å². The highest BCUT2D eigenvalue weighted by molar-refractivity contribution is 4.46. The van der Waals surface area contributed by atoms with Crippen molar-refractivity contribution >= 4 is 0 Å². The van der Waals surface area contributed by atoms with Gasteiger partial charge in [-0.2, -0.15) is 0 Å². The molecule has 0 aromatic heterocycles. The first-order valence-electron chi connectivity index (χ1n) is 4.10. The lowest BCUT2D eigenvalue weighted by Crippen LogP contribution is -2.20. The van der Waals surface area contributed by atoms with Crippen LogP contribution in [0.3, 0.4) is 0 Å². The highest BCUT2D eigenvalue weighted by Crippen LogP contribution is 1.85. The molecule has 0 aromatic carbocycles. The van der Waals surface area contributed by atoms with E-state index in [2.05, 4.69) is 5.32 Å². The van der Waals surface area contributed by atoms with Crippen molar-refractivity contribution in [2.75, 3.05) is 40.5 Å². The number of methoxy groups -OCH3 is 2. The third-order valence-electron chi connectivity index (χ3n) is 1.43. The van der Waals surface area contributed by atoms with Crippen LogP contribution in [-0.2, 0) is 9.47 Å². The van der Waals surface area contributed by atoms with Crippen LogP contribution >= 0.6 is 0 Å². The van der Waals surface area contributed by atoms with Crippen LogP contribution in [0.5, 0.6) is 0 Å². The first-order chi connectivity index (χ1) is 5.41. The van der Waals surface area contributed by atoms with E-state index < -0.39 is 0 Å². The highest BCUT2D eigenvalue weighted by Gasteiger charge is 1.87. The summed E-state index contributed by atoms with van der Waals surface area (Å²) in [5.41, 5.74) is 0. The van der Waals surface area contributed by atoms with Gasteiger partial charge in [0, 0.05) is 27.4 Å². The monoisotopic (exact) mass is 161 g/mol. The molecule has 1 N–H and O–H groups in total. The molecule has 0 aromatic rings. The van der Waals surface area contributed by atoms with Gasteiger partial charge in [0.05, 0.1) is 6.61 Å². The van der Waals surface area contributed by atoms with E-state index in [0.717, 1.165) is 32.7 Å². The van der Waals surface area contributed by atoms with Crippen molar-refractivity contribution in [2.24, 2.45) is 0 Å². The smallest absolute Gasteiger partial charge is 0.0587 e. The highest BCUT2D eigenvalue weighted by atomic mass is 16.5. The second-order valence-electron chi connectivity index (χ2n) is 2.44. The molecule has 0 saturated carbocycles. The minimum Gasteiger partial charge on any atom is -0.385 e. The number of hydrogen-bond donors (Lipinski definition) is 1. The minimum atomic E-state index is 0.796. The Bertz CT molecular complexity index is 61.1. The van der Waals surface area contributed by atoms with Gasteiger partial charge in [0.2, 0.25) is 0 Å². The van der Waals surface area contributed by atoms with Gasteiger partial charge in [-0.3, -0.25) is 0 Å². The molecular formula is C8H19NO2. The molecule has 11 heavy (non-hydrogen) atoms. The summed E-state index contributed by atoms with van der Waals surface area (Å²) in [5, 5.41) is 3.26. The Kier molecular flexibility index (Phi) is 9.77. The third kappa shape index (κ3) is 9.88. The molecule has 0 atom stereocenters. The zero-order chi connectivity index (χ0) is 8.36. The Morgan fingerprint density at radius 3 is 2.27 bits per heavy atom. The van der Waals surface area contributed by atoms with E-state index in [4.69, 9.17) is 9.47 Å². The van der Waals surface area contributed by atoms with E-state index in [1.807, 2.05) is 0 Å². The van der Waals surface area contributed by atoms with Crippen LogP contribution in [0.15, 0.2) is 0 Å². The van der Waals surface area contributed by atoms with E-state index in [9.17, 15) is 0 Å². The lowest BCUT2D eigenvalue weighted by atomic mass is 10.3. The van der Waals surface area contributed by atoms with Crippen molar-refractivity contribution in [3.63, 3.8) is 0 Å². The number of rotatable bonds is 8. The summed E-state index contributed by atoms with van der Waals surface area (Å²) in [6.07, 6.45) is 2.31. The Hall–Kier alpha value is -0.120. The zero-order valence-electron chi connectivity index (χ0n) is 7.56. The average molecular weight is 161 g/mol. The summed E-state index contributed by atoms with van der Waals surface area (Å²) in [6, 6.07) is 0. The molecule has 0 heterocycles. The molecule has 0 bridgehead atoms. The molecule has 3 heteroatoms. The second kappa shape index (κ2) is 9.88. The SMILES string of the molecule is COCCCCNCCOC. The van der Waals surface area contributed by atoms with Gasteiger partial charge in [0.1, 0.15) is 0 Å². The average Bonchev–Trinajstić information content (AvgIpc) is 2.03. The quantitative estimate of drug-likeness (QED) is 0.530. The summed E-state index contributed by atoms with van der Waals surface area (Å²) in [4.78, 5) is 0. The lowest BCUT2D eigenvalue weighted by Gasteiger charge is -2.02. The molecule has 68 valence electrons. The second-order valence-corrected chi connectivity index (χ2v) is 2.44. The van der Waals surface area contributed by atoms with Gasteiger partial charge in [0.15, 0.2) is 0 Å². The molecule has 0 fully saturated rings. The Labute approximate surface area is 69.1 Å². The summed E-state index contributed by atoms with van der Waals surface area (Å²) in [5.74, 6) is 0. The lowest BCUT2D eigenvalue weighted by molar-refractivity contribution is 0.189. The maximum Gasteiger partial charge on any atom is 0.0587 e. The molecule has 0 saturated heterocycles. The molecule has 0 aliphatic carbocycles. The van der Waals surface area contributed by atoms with E-state index in [-0.39, 0.29) is 0 Å². The number of ether oxygens (including phenoxy) is 2. The van der Waals surface area contributed by atoms with E-state index in [1.165, 1.54) is 6.42 Å². The fourth-order valence-electron chi connectivity index (χ4n) is 0.796. The van der Waals surface area contributed by atoms with Crippen molar-refractivity contribution < 1.29 is 9.47 Å². The molecule has 0 rings (SSSR count). The molecule has 0 spiro atoms. The molecule has 0 amide bonds. The Morgan fingerprint density at radius 1 is 0.909 bits per heavy atom. The van der Waals surface area contributed by atoms with Gasteiger partial charge in [-0.1, -0.05) is 0 Å². The zero-order valence-corrected chi connectivity index (χ0v) is 7.56. The van der Waals surface area contributed by atoms with Gasteiger partial charge in [0.25, 0.3) is 0 Å². The van der Waals surface area contributed by atoms with E-state index >= 15 is 0 Å². The third-order valence-corrected chi connectivity index (χ3v) is 1.43. The summed E-state index contributed by atoms with van der Waals surface area (Å²) in [7, 11) is 3.45. The Balaban J connectivity index is 2.69. The standard InChI is InChI=1S/C8H19NO2/c1-10-7-4-3-5-9-6-8-11-2/h9H,3-8H2,1-2H3. The van der Waals surface area contributed by atoms with Gasteiger partial charge in [-0.25, -0.2) is 0 Å². The molecule has 0 radical (unpaired) electrons. The predicted octanol–water partition coefficient (Wildman–Crippen LogP) is 0.649. The molecule has 0 aliphatic rings. The number of unbranched alkanes of at least 4 members (excludes halogenated alkanes) is 1. The Morgan fingerprint density at radius 2 is 1.64 bits per heavy atom.